The van der Waals surface area contributed by atoms with Crippen molar-refractivity contribution in [3.8, 4) is 17.0 Å². The van der Waals surface area contributed by atoms with Gasteiger partial charge in [0.2, 0.25) is 5.88 Å². The number of aryl methyl sites for hydroxylation is 3. The number of carboxylic acids is 1. The number of hydrogen-bond acceptors (Lipinski definition) is 4. The molecule has 2 heterocycles. The largest absolute Gasteiger partial charge is 0.481 e. The fourth-order valence-corrected chi connectivity index (χ4v) is 6.92. The van der Waals surface area contributed by atoms with Gasteiger partial charge in [-0.3, -0.25) is 4.79 Å². The van der Waals surface area contributed by atoms with Crippen LogP contribution in [0.2, 0.25) is 0 Å². The molecule has 0 fully saturated rings. The van der Waals surface area contributed by atoms with Crippen LogP contribution in [0, 0.1) is 27.7 Å². The number of benzene rings is 2. The summed E-state index contributed by atoms with van der Waals surface area (Å²) in [6.45, 7) is 8.59. The molecule has 5 heteroatoms. The molecular weight excluding hydrogens is 430 g/mol. The second kappa shape index (κ2) is 8.53. The smallest absolute Gasteiger partial charge is 0.303 e. The standard InChI is InChI=1S/C28H29NO3S/c1-15-10-16(2)26(17(3)11-15)22-7-5-6-21-20(22)8-9-24(21)32-28-18(4)27-23(13-29-28)19(14-33-27)12-25(30)31/h5-7,10-11,13,19,24H,8-9,12,14H2,1-4H3,(H,30,31)/t19-,24?/m1/s1. The van der Waals surface area contributed by atoms with E-state index in [0.29, 0.717) is 5.88 Å². The summed E-state index contributed by atoms with van der Waals surface area (Å²) in [5.41, 5.74) is 11.3. The molecule has 170 valence electrons. The minimum atomic E-state index is -0.760. The lowest BCUT2D eigenvalue weighted by molar-refractivity contribution is -0.137. The van der Waals surface area contributed by atoms with Gasteiger partial charge in [0.25, 0.3) is 0 Å². The SMILES string of the molecule is Cc1cc(C)c(-c2cccc3c2CCC3Oc2ncc3c(c2C)SC[C@H]3CC(=O)O)c(C)c1. The molecule has 2 aliphatic rings. The van der Waals surface area contributed by atoms with Gasteiger partial charge in [0.15, 0.2) is 0 Å². The highest BCUT2D eigenvalue weighted by Crippen LogP contribution is 2.47. The molecule has 0 spiro atoms. The minimum Gasteiger partial charge on any atom is -0.481 e. The number of thioether (sulfide) groups is 1. The van der Waals surface area contributed by atoms with E-state index in [-0.39, 0.29) is 18.4 Å². The van der Waals surface area contributed by atoms with Gasteiger partial charge in [0.05, 0.1) is 6.42 Å². The summed E-state index contributed by atoms with van der Waals surface area (Å²) in [6.07, 6.45) is 3.89. The van der Waals surface area contributed by atoms with Crippen LogP contribution in [0.25, 0.3) is 11.1 Å². The monoisotopic (exact) mass is 459 g/mol. The molecular formula is C28H29NO3S. The van der Waals surface area contributed by atoms with E-state index in [1.54, 1.807) is 11.8 Å². The van der Waals surface area contributed by atoms with Gasteiger partial charge >= 0.3 is 5.97 Å². The number of ether oxygens (including phenoxy) is 1. The molecule has 4 nitrogen and oxygen atoms in total. The Morgan fingerprint density at radius 1 is 1.15 bits per heavy atom. The maximum absolute atomic E-state index is 11.2. The van der Waals surface area contributed by atoms with Crippen LogP contribution in [-0.2, 0) is 11.2 Å². The molecule has 5 rings (SSSR count). The highest BCUT2D eigenvalue weighted by molar-refractivity contribution is 7.99. The lowest BCUT2D eigenvalue weighted by atomic mass is 9.89. The predicted octanol–water partition coefficient (Wildman–Crippen LogP) is 6.71. The van der Waals surface area contributed by atoms with Crippen molar-refractivity contribution >= 4 is 17.7 Å². The van der Waals surface area contributed by atoms with Gasteiger partial charge in [-0.05, 0) is 79.5 Å². The van der Waals surface area contributed by atoms with Crippen molar-refractivity contribution in [2.45, 2.75) is 63.9 Å². The van der Waals surface area contributed by atoms with Crippen molar-refractivity contribution in [2.75, 3.05) is 5.75 Å². The van der Waals surface area contributed by atoms with Crippen molar-refractivity contribution in [1.29, 1.82) is 0 Å². The Labute approximate surface area is 199 Å². The first kappa shape index (κ1) is 22.0. The average molecular weight is 460 g/mol. The zero-order valence-electron chi connectivity index (χ0n) is 19.6. The van der Waals surface area contributed by atoms with Crippen molar-refractivity contribution in [3.63, 3.8) is 0 Å². The molecule has 1 N–H and O–H groups in total. The highest BCUT2D eigenvalue weighted by atomic mass is 32.2. The predicted molar refractivity (Wildman–Crippen MR) is 132 cm³/mol. The molecule has 0 radical (unpaired) electrons. The first-order chi connectivity index (χ1) is 15.8. The summed E-state index contributed by atoms with van der Waals surface area (Å²) >= 11 is 1.72. The Morgan fingerprint density at radius 2 is 1.91 bits per heavy atom. The van der Waals surface area contributed by atoms with Crippen molar-refractivity contribution in [3.05, 3.63) is 75.5 Å². The van der Waals surface area contributed by atoms with Gasteiger partial charge in [-0.1, -0.05) is 35.9 Å². The number of carbonyl (C=O) groups is 1. The maximum atomic E-state index is 11.2. The van der Waals surface area contributed by atoms with Crippen LogP contribution in [0.5, 0.6) is 5.88 Å². The fraction of sp³-hybridized carbons (Fsp3) is 0.357. The van der Waals surface area contributed by atoms with Gasteiger partial charge in [0.1, 0.15) is 6.10 Å². The first-order valence-corrected chi connectivity index (χ1v) is 12.5. The summed E-state index contributed by atoms with van der Waals surface area (Å²) in [6, 6.07) is 11.1. The van der Waals surface area contributed by atoms with Crippen molar-refractivity contribution in [1.82, 2.24) is 4.98 Å². The fourth-order valence-electron chi connectivity index (χ4n) is 5.56. The average Bonchev–Trinajstić information content (AvgIpc) is 3.34. The third kappa shape index (κ3) is 3.93. The van der Waals surface area contributed by atoms with Crippen LogP contribution in [0.15, 0.2) is 41.4 Å². The molecule has 3 aromatic rings. The Kier molecular flexibility index (Phi) is 5.69. The topological polar surface area (TPSA) is 59.4 Å². The number of carboxylic acid groups (broad SMARTS) is 1. The number of hydrogen-bond donors (Lipinski definition) is 1. The van der Waals surface area contributed by atoms with Gasteiger partial charge in [0, 0.05) is 28.3 Å². The molecule has 2 aromatic carbocycles. The number of rotatable bonds is 5. The molecule has 2 atom stereocenters. The maximum Gasteiger partial charge on any atom is 0.303 e. The molecule has 1 aromatic heterocycles. The van der Waals surface area contributed by atoms with E-state index in [0.717, 1.165) is 34.6 Å². The first-order valence-electron chi connectivity index (χ1n) is 11.5. The quantitative estimate of drug-likeness (QED) is 0.459. The van der Waals surface area contributed by atoms with Gasteiger partial charge in [-0.15, -0.1) is 11.8 Å². The lowest BCUT2D eigenvalue weighted by Crippen LogP contribution is -2.08. The lowest BCUT2D eigenvalue weighted by Gasteiger charge is -2.19. The summed E-state index contributed by atoms with van der Waals surface area (Å²) in [7, 11) is 0. The molecule has 1 aliphatic heterocycles. The summed E-state index contributed by atoms with van der Waals surface area (Å²) < 4.78 is 6.50. The van der Waals surface area contributed by atoms with Crippen LogP contribution < -0.4 is 4.74 Å². The summed E-state index contributed by atoms with van der Waals surface area (Å²) in [5.74, 6) is 0.726. The second-order valence-corrected chi connectivity index (χ2v) is 10.4. The normalized spacial score (nSPS) is 18.8. The molecule has 33 heavy (non-hydrogen) atoms. The minimum absolute atomic E-state index is 0.0171. The van der Waals surface area contributed by atoms with Gasteiger partial charge in [-0.25, -0.2) is 4.98 Å². The zero-order chi connectivity index (χ0) is 23.3. The van der Waals surface area contributed by atoms with E-state index in [9.17, 15) is 9.90 Å². The van der Waals surface area contributed by atoms with Crippen molar-refractivity contribution in [2.24, 2.45) is 0 Å². The molecule has 0 saturated carbocycles. The molecule has 1 aliphatic carbocycles. The van der Waals surface area contributed by atoms with Crippen LogP contribution in [0.4, 0.5) is 0 Å². The highest BCUT2D eigenvalue weighted by Gasteiger charge is 2.31. The number of aliphatic carboxylic acids is 1. The Morgan fingerprint density at radius 3 is 2.64 bits per heavy atom. The van der Waals surface area contributed by atoms with E-state index >= 15 is 0 Å². The second-order valence-electron chi connectivity index (χ2n) is 9.37. The Balaban J connectivity index is 1.46. The molecule has 0 bridgehead atoms. The van der Waals surface area contributed by atoms with E-state index in [1.165, 1.54) is 38.9 Å². The molecule has 1 unspecified atom stereocenters. The summed E-state index contributed by atoms with van der Waals surface area (Å²) in [5, 5.41) is 9.20. The third-order valence-corrected chi connectivity index (χ3v) is 8.35. The number of fused-ring (bicyclic) bond motifs is 2. The van der Waals surface area contributed by atoms with Crippen LogP contribution in [0.3, 0.4) is 0 Å². The van der Waals surface area contributed by atoms with Gasteiger partial charge < -0.3 is 9.84 Å². The number of aromatic nitrogens is 1. The molecule has 0 amide bonds. The number of pyridine rings is 1. The van der Waals surface area contributed by atoms with E-state index < -0.39 is 5.97 Å². The van der Waals surface area contributed by atoms with Crippen molar-refractivity contribution < 1.29 is 14.6 Å². The van der Waals surface area contributed by atoms with Gasteiger partial charge in [-0.2, -0.15) is 0 Å². The third-order valence-electron chi connectivity index (χ3n) is 6.95. The van der Waals surface area contributed by atoms with Crippen LogP contribution in [0.1, 0.15) is 63.8 Å². The number of nitrogens with zero attached hydrogens (tertiary/aromatic N) is 1. The van der Waals surface area contributed by atoms with E-state index in [4.69, 9.17) is 4.74 Å². The van der Waals surface area contributed by atoms with E-state index in [2.05, 4.69) is 56.1 Å². The van der Waals surface area contributed by atoms with E-state index in [1.807, 2.05) is 13.1 Å². The van der Waals surface area contributed by atoms with Crippen LogP contribution >= 0.6 is 11.8 Å². The molecule has 0 saturated heterocycles. The zero-order valence-corrected chi connectivity index (χ0v) is 20.4. The Hall–Kier alpha value is -2.79. The Bertz CT molecular complexity index is 1240. The van der Waals surface area contributed by atoms with Crippen LogP contribution in [-0.4, -0.2) is 21.8 Å². The summed E-state index contributed by atoms with van der Waals surface area (Å²) in [4.78, 5) is 17.0.